The van der Waals surface area contributed by atoms with Crippen LogP contribution in [-0.4, -0.2) is 37.1 Å². The molecule has 9 heteroatoms. The lowest BCUT2D eigenvalue weighted by Crippen LogP contribution is -2.19. The molecule has 4 rings (SSSR count). The van der Waals surface area contributed by atoms with Crippen molar-refractivity contribution in [2.75, 3.05) is 0 Å². The number of rotatable bonds is 7. The molecule has 0 unspecified atom stereocenters. The first-order valence-electron chi connectivity index (χ1n) is 11.4. The van der Waals surface area contributed by atoms with Crippen molar-refractivity contribution in [2.45, 2.75) is 60.6 Å². The molecule has 4 aromatic rings. The fourth-order valence-corrected chi connectivity index (χ4v) is 3.54. The van der Waals surface area contributed by atoms with Crippen molar-refractivity contribution in [3.05, 3.63) is 47.6 Å². The maximum absolute atomic E-state index is 9.00. The molecule has 0 saturated heterocycles. The summed E-state index contributed by atoms with van der Waals surface area (Å²) in [6.45, 7) is 12.6. The van der Waals surface area contributed by atoms with E-state index < -0.39 is 5.97 Å². The maximum Gasteiger partial charge on any atom is 0.300 e. The molecule has 0 amide bonds. The van der Waals surface area contributed by atoms with Crippen molar-refractivity contribution < 1.29 is 19.2 Å². The number of fused-ring (bicyclic) bond motifs is 1. The van der Waals surface area contributed by atoms with Crippen LogP contribution in [0.15, 0.2) is 47.1 Å². The molecule has 0 aliphatic carbocycles. The molecule has 0 saturated carbocycles. The lowest BCUT2D eigenvalue weighted by atomic mass is 9.90. The van der Waals surface area contributed by atoms with Gasteiger partial charge in [-0.2, -0.15) is 10.1 Å². The zero-order valence-electron chi connectivity index (χ0n) is 20.9. The van der Waals surface area contributed by atoms with Gasteiger partial charge in [0.2, 0.25) is 5.82 Å². The van der Waals surface area contributed by atoms with Crippen LogP contribution < -0.4 is 4.74 Å². The fraction of sp³-hybridized carbons (Fsp3) is 0.385. The Bertz CT molecular complexity index is 1310. The highest BCUT2D eigenvalue weighted by atomic mass is 35.5. The number of halogens is 1. The molecule has 2 aromatic heterocycles. The van der Waals surface area contributed by atoms with Crippen molar-refractivity contribution in [1.82, 2.24) is 19.9 Å². The Morgan fingerprint density at radius 2 is 1.89 bits per heavy atom. The van der Waals surface area contributed by atoms with Gasteiger partial charge in [0.1, 0.15) is 5.75 Å². The van der Waals surface area contributed by atoms with E-state index in [2.05, 4.69) is 46.8 Å². The largest absolute Gasteiger partial charge is 0.489 e. The van der Waals surface area contributed by atoms with E-state index >= 15 is 0 Å². The van der Waals surface area contributed by atoms with Gasteiger partial charge in [-0.1, -0.05) is 37.5 Å². The number of carboxylic acids is 1. The van der Waals surface area contributed by atoms with Gasteiger partial charge in [-0.25, -0.2) is 0 Å². The molecule has 0 aliphatic rings. The number of carboxylic acid groups (broad SMARTS) is 1. The Kier molecular flexibility index (Phi) is 8.17. The van der Waals surface area contributed by atoms with Crippen molar-refractivity contribution in [3.8, 4) is 28.6 Å². The smallest absolute Gasteiger partial charge is 0.300 e. The summed E-state index contributed by atoms with van der Waals surface area (Å²) < 4.78 is 13.2. The molecule has 8 nitrogen and oxygen atoms in total. The Hall–Kier alpha value is -3.39. The summed E-state index contributed by atoms with van der Waals surface area (Å²) in [6, 6.07) is 11.6. The van der Waals surface area contributed by atoms with E-state index in [1.165, 1.54) is 0 Å². The van der Waals surface area contributed by atoms with Crippen molar-refractivity contribution >= 4 is 28.5 Å². The van der Waals surface area contributed by atoms with Crippen LogP contribution in [0.4, 0.5) is 0 Å². The summed E-state index contributed by atoms with van der Waals surface area (Å²) in [7, 11) is 0. The minimum atomic E-state index is -0.833. The first kappa shape index (κ1) is 26.2. The zero-order valence-corrected chi connectivity index (χ0v) is 21.6. The molecule has 0 atom stereocenters. The second kappa shape index (κ2) is 10.9. The molecule has 2 aromatic carbocycles. The number of carbonyl (C=O) groups is 1. The van der Waals surface area contributed by atoms with Gasteiger partial charge in [-0.3, -0.25) is 9.48 Å². The lowest BCUT2D eigenvalue weighted by molar-refractivity contribution is -0.134. The standard InChI is InChI=1S/C24H27ClN4O2.C2H4O2/c1-6-24(4,5)14-29-20-9-7-16(11-18(20)13-26-29)22-27-23(31-28-22)17-8-10-21(19(25)12-17)30-15(2)3;1-2(3)4/h7-13,15H,6,14H2,1-5H3;1H3,(H,3,4). The number of ether oxygens (including phenoxy) is 1. The molecule has 1 N–H and O–H groups in total. The number of aromatic nitrogens is 4. The predicted octanol–water partition coefficient (Wildman–Crippen LogP) is 6.72. The molecular weight excluding hydrogens is 468 g/mol. The van der Waals surface area contributed by atoms with Gasteiger partial charge in [0.25, 0.3) is 11.9 Å². The Morgan fingerprint density at radius 3 is 2.51 bits per heavy atom. The quantitative estimate of drug-likeness (QED) is 0.301. The van der Waals surface area contributed by atoms with E-state index in [1.54, 1.807) is 6.07 Å². The summed E-state index contributed by atoms with van der Waals surface area (Å²) >= 11 is 6.35. The van der Waals surface area contributed by atoms with Crippen molar-refractivity contribution in [2.24, 2.45) is 5.41 Å². The number of benzene rings is 2. The molecule has 186 valence electrons. The maximum atomic E-state index is 9.00. The van der Waals surface area contributed by atoms with E-state index in [-0.39, 0.29) is 11.5 Å². The highest BCUT2D eigenvalue weighted by Crippen LogP contribution is 2.32. The van der Waals surface area contributed by atoms with Crippen LogP contribution in [0.5, 0.6) is 5.75 Å². The van der Waals surface area contributed by atoms with Crippen LogP contribution in [-0.2, 0) is 11.3 Å². The van der Waals surface area contributed by atoms with Gasteiger partial charge in [0, 0.05) is 30.0 Å². The van der Waals surface area contributed by atoms with Gasteiger partial charge in [0.15, 0.2) is 0 Å². The van der Waals surface area contributed by atoms with Gasteiger partial charge >= 0.3 is 0 Å². The third kappa shape index (κ3) is 6.82. The van der Waals surface area contributed by atoms with Gasteiger partial charge in [0.05, 0.1) is 22.8 Å². The van der Waals surface area contributed by atoms with E-state index in [1.807, 2.05) is 44.3 Å². The predicted molar refractivity (Wildman–Crippen MR) is 137 cm³/mol. The van der Waals surface area contributed by atoms with Crippen LogP contribution in [0, 0.1) is 5.41 Å². The number of hydrogen-bond acceptors (Lipinski definition) is 6. The third-order valence-corrected chi connectivity index (χ3v) is 5.70. The molecule has 0 bridgehead atoms. The molecular formula is C26H31ClN4O4. The second-order valence-electron chi connectivity index (χ2n) is 9.35. The topological polar surface area (TPSA) is 103 Å². The number of hydrogen-bond donors (Lipinski definition) is 1. The minimum absolute atomic E-state index is 0.0469. The lowest BCUT2D eigenvalue weighted by Gasteiger charge is -2.22. The zero-order chi connectivity index (χ0) is 25.8. The highest BCUT2D eigenvalue weighted by molar-refractivity contribution is 6.32. The van der Waals surface area contributed by atoms with Crippen LogP contribution >= 0.6 is 11.6 Å². The Balaban J connectivity index is 0.000000795. The molecule has 0 aliphatic heterocycles. The first-order chi connectivity index (χ1) is 16.5. The molecule has 0 spiro atoms. The molecule has 35 heavy (non-hydrogen) atoms. The van der Waals surface area contributed by atoms with Crippen LogP contribution in [0.1, 0.15) is 48.0 Å². The molecule has 0 fully saturated rings. The second-order valence-corrected chi connectivity index (χ2v) is 9.75. The SMILES string of the molecule is CC(=O)O.CCC(C)(C)Cn1ncc2cc(-c3noc(-c4ccc(OC(C)C)c(Cl)c4)n3)ccc21. The molecule has 2 heterocycles. The van der Waals surface area contributed by atoms with Gasteiger partial charge < -0.3 is 14.4 Å². The summed E-state index contributed by atoms with van der Waals surface area (Å²) in [6.07, 6.45) is 3.02. The van der Waals surface area contributed by atoms with Crippen molar-refractivity contribution in [1.29, 1.82) is 0 Å². The van der Waals surface area contributed by atoms with E-state index in [0.717, 1.165) is 41.9 Å². The minimum Gasteiger partial charge on any atom is -0.489 e. The average molecular weight is 499 g/mol. The fourth-order valence-electron chi connectivity index (χ4n) is 3.31. The molecule has 0 radical (unpaired) electrons. The third-order valence-electron chi connectivity index (χ3n) is 5.40. The summed E-state index contributed by atoms with van der Waals surface area (Å²) in [5, 5.41) is 17.7. The number of nitrogens with zero attached hydrogens (tertiary/aromatic N) is 4. The number of aliphatic carboxylic acids is 1. The van der Waals surface area contributed by atoms with Crippen LogP contribution in [0.2, 0.25) is 5.02 Å². The van der Waals surface area contributed by atoms with Gasteiger partial charge in [-0.05, 0) is 62.1 Å². The average Bonchev–Trinajstić information content (AvgIpc) is 3.42. The van der Waals surface area contributed by atoms with E-state index in [9.17, 15) is 0 Å². The summed E-state index contributed by atoms with van der Waals surface area (Å²) in [5.41, 5.74) is 2.91. The first-order valence-corrected chi connectivity index (χ1v) is 11.8. The summed E-state index contributed by atoms with van der Waals surface area (Å²) in [4.78, 5) is 13.6. The van der Waals surface area contributed by atoms with E-state index in [4.69, 9.17) is 30.8 Å². The van der Waals surface area contributed by atoms with Gasteiger partial charge in [-0.15, -0.1) is 0 Å². The Labute approximate surface area is 209 Å². The van der Waals surface area contributed by atoms with Crippen LogP contribution in [0.25, 0.3) is 33.7 Å². The van der Waals surface area contributed by atoms with E-state index in [0.29, 0.717) is 22.5 Å². The highest BCUT2D eigenvalue weighted by Gasteiger charge is 2.19. The monoisotopic (exact) mass is 498 g/mol. The van der Waals surface area contributed by atoms with Crippen LogP contribution in [0.3, 0.4) is 0 Å². The van der Waals surface area contributed by atoms with Crippen molar-refractivity contribution in [3.63, 3.8) is 0 Å². The summed E-state index contributed by atoms with van der Waals surface area (Å²) in [5.74, 6) is 0.736. The normalized spacial score (nSPS) is 11.4. The Morgan fingerprint density at radius 1 is 1.20 bits per heavy atom.